The number of nitrogens with zero attached hydrogens (tertiary/aromatic N) is 3. The number of hydrogen-bond acceptors (Lipinski definition) is 2. The number of hydrogen-bond donors (Lipinski definition) is 0. The van der Waals surface area contributed by atoms with Crippen molar-refractivity contribution in [1.29, 1.82) is 0 Å². The SMILES string of the molecule is Cc1cc(-c2ccccc2)n2ncc(-c3ccc(F)cc3)c2n1. The van der Waals surface area contributed by atoms with E-state index in [1.165, 1.54) is 12.1 Å². The summed E-state index contributed by atoms with van der Waals surface area (Å²) in [5, 5.41) is 4.50. The third-order valence-corrected chi connectivity index (χ3v) is 3.82. The highest BCUT2D eigenvalue weighted by Crippen LogP contribution is 2.28. The second-order valence-electron chi connectivity index (χ2n) is 5.45. The zero-order valence-corrected chi connectivity index (χ0v) is 12.6. The van der Waals surface area contributed by atoms with E-state index in [0.29, 0.717) is 0 Å². The summed E-state index contributed by atoms with van der Waals surface area (Å²) in [5.41, 5.74) is 5.55. The molecule has 0 radical (unpaired) electrons. The van der Waals surface area contributed by atoms with Crippen LogP contribution in [0.3, 0.4) is 0 Å². The van der Waals surface area contributed by atoms with Gasteiger partial charge in [0.25, 0.3) is 0 Å². The topological polar surface area (TPSA) is 30.2 Å². The van der Waals surface area contributed by atoms with Crippen molar-refractivity contribution in [2.24, 2.45) is 0 Å². The number of halogens is 1. The van der Waals surface area contributed by atoms with E-state index in [-0.39, 0.29) is 5.82 Å². The first-order valence-electron chi connectivity index (χ1n) is 7.39. The fraction of sp³-hybridized carbons (Fsp3) is 0.0526. The lowest BCUT2D eigenvalue weighted by atomic mass is 10.1. The molecule has 0 fully saturated rings. The molecule has 23 heavy (non-hydrogen) atoms. The maximum absolute atomic E-state index is 13.2. The number of aryl methyl sites for hydroxylation is 1. The van der Waals surface area contributed by atoms with E-state index in [1.807, 2.05) is 47.8 Å². The first-order valence-corrected chi connectivity index (χ1v) is 7.39. The fourth-order valence-corrected chi connectivity index (χ4v) is 2.73. The Kier molecular flexibility index (Phi) is 3.15. The molecule has 0 spiro atoms. The van der Waals surface area contributed by atoms with Crippen molar-refractivity contribution in [3.8, 4) is 22.4 Å². The van der Waals surface area contributed by atoms with Gasteiger partial charge in [0.15, 0.2) is 5.65 Å². The van der Waals surface area contributed by atoms with Gasteiger partial charge in [-0.3, -0.25) is 0 Å². The summed E-state index contributed by atoms with van der Waals surface area (Å²) in [6.07, 6.45) is 1.78. The Morgan fingerprint density at radius 1 is 0.913 bits per heavy atom. The van der Waals surface area contributed by atoms with Crippen LogP contribution in [-0.4, -0.2) is 14.6 Å². The quantitative estimate of drug-likeness (QED) is 0.545. The highest BCUT2D eigenvalue weighted by Gasteiger charge is 2.13. The lowest BCUT2D eigenvalue weighted by Crippen LogP contribution is -1.98. The van der Waals surface area contributed by atoms with Crippen molar-refractivity contribution in [3.63, 3.8) is 0 Å². The summed E-state index contributed by atoms with van der Waals surface area (Å²) < 4.78 is 15.0. The van der Waals surface area contributed by atoms with Crippen LogP contribution in [0.2, 0.25) is 0 Å². The summed E-state index contributed by atoms with van der Waals surface area (Å²) in [5.74, 6) is -0.251. The van der Waals surface area contributed by atoms with Gasteiger partial charge in [-0.2, -0.15) is 5.10 Å². The van der Waals surface area contributed by atoms with Crippen molar-refractivity contribution >= 4 is 5.65 Å². The highest BCUT2D eigenvalue weighted by atomic mass is 19.1. The second kappa shape index (κ2) is 5.32. The zero-order valence-electron chi connectivity index (χ0n) is 12.6. The molecule has 0 aliphatic rings. The molecule has 2 aromatic heterocycles. The molecular weight excluding hydrogens is 289 g/mol. The van der Waals surface area contributed by atoms with E-state index in [1.54, 1.807) is 18.3 Å². The van der Waals surface area contributed by atoms with E-state index < -0.39 is 0 Å². The molecule has 4 rings (SSSR count). The van der Waals surface area contributed by atoms with Gasteiger partial charge in [-0.1, -0.05) is 42.5 Å². The van der Waals surface area contributed by atoms with Gasteiger partial charge in [0.05, 0.1) is 11.9 Å². The monoisotopic (exact) mass is 303 g/mol. The molecule has 0 unspecified atom stereocenters. The van der Waals surface area contributed by atoms with Crippen LogP contribution in [0.1, 0.15) is 5.69 Å². The summed E-state index contributed by atoms with van der Waals surface area (Å²) in [7, 11) is 0. The van der Waals surface area contributed by atoms with Crippen molar-refractivity contribution in [3.05, 3.63) is 78.4 Å². The summed E-state index contributed by atoms with van der Waals surface area (Å²) in [6, 6.07) is 18.5. The minimum absolute atomic E-state index is 0.251. The molecule has 0 saturated carbocycles. The minimum atomic E-state index is -0.251. The molecule has 0 bridgehead atoms. The number of rotatable bonds is 2. The summed E-state index contributed by atoms with van der Waals surface area (Å²) in [4.78, 5) is 4.63. The summed E-state index contributed by atoms with van der Waals surface area (Å²) in [6.45, 7) is 1.97. The van der Waals surface area contributed by atoms with E-state index in [4.69, 9.17) is 0 Å². The van der Waals surface area contributed by atoms with E-state index in [0.717, 1.165) is 33.7 Å². The number of fused-ring (bicyclic) bond motifs is 1. The van der Waals surface area contributed by atoms with Gasteiger partial charge in [0.1, 0.15) is 5.82 Å². The Morgan fingerprint density at radius 3 is 2.39 bits per heavy atom. The Hall–Kier alpha value is -3.01. The van der Waals surface area contributed by atoms with Crippen LogP contribution in [0.4, 0.5) is 4.39 Å². The van der Waals surface area contributed by atoms with Gasteiger partial charge in [-0.05, 0) is 30.7 Å². The van der Waals surface area contributed by atoms with Crippen LogP contribution in [0.15, 0.2) is 66.9 Å². The predicted octanol–water partition coefficient (Wildman–Crippen LogP) is 4.51. The van der Waals surface area contributed by atoms with Crippen molar-refractivity contribution in [2.75, 3.05) is 0 Å². The minimum Gasteiger partial charge on any atom is -0.233 e. The Balaban J connectivity index is 1.97. The molecule has 3 nitrogen and oxygen atoms in total. The Labute approximate surface area is 133 Å². The number of aromatic nitrogens is 3. The lowest BCUT2D eigenvalue weighted by molar-refractivity contribution is 0.628. The van der Waals surface area contributed by atoms with Crippen LogP contribution in [0.25, 0.3) is 28.0 Å². The normalized spacial score (nSPS) is 11.0. The fourth-order valence-electron chi connectivity index (χ4n) is 2.73. The van der Waals surface area contributed by atoms with Gasteiger partial charge in [0.2, 0.25) is 0 Å². The molecule has 0 aliphatic heterocycles. The maximum atomic E-state index is 13.2. The largest absolute Gasteiger partial charge is 0.233 e. The average Bonchev–Trinajstić information content (AvgIpc) is 2.99. The molecule has 2 heterocycles. The Morgan fingerprint density at radius 2 is 1.65 bits per heavy atom. The highest BCUT2D eigenvalue weighted by molar-refractivity contribution is 5.79. The molecule has 4 aromatic rings. The van der Waals surface area contributed by atoms with Crippen LogP contribution in [0.5, 0.6) is 0 Å². The van der Waals surface area contributed by atoms with Crippen LogP contribution in [0, 0.1) is 12.7 Å². The predicted molar refractivity (Wildman–Crippen MR) is 88.6 cm³/mol. The van der Waals surface area contributed by atoms with Gasteiger partial charge in [0, 0.05) is 16.8 Å². The van der Waals surface area contributed by atoms with Gasteiger partial charge in [-0.25, -0.2) is 13.9 Å². The average molecular weight is 303 g/mol. The van der Waals surface area contributed by atoms with Gasteiger partial charge < -0.3 is 0 Å². The van der Waals surface area contributed by atoms with Crippen LogP contribution < -0.4 is 0 Å². The molecule has 0 N–H and O–H groups in total. The van der Waals surface area contributed by atoms with Crippen molar-refractivity contribution in [1.82, 2.24) is 14.6 Å². The van der Waals surface area contributed by atoms with Gasteiger partial charge in [-0.15, -0.1) is 0 Å². The first kappa shape index (κ1) is 13.6. The second-order valence-corrected chi connectivity index (χ2v) is 5.45. The zero-order chi connectivity index (χ0) is 15.8. The Bertz CT molecular complexity index is 973. The molecule has 4 heteroatoms. The smallest absolute Gasteiger partial charge is 0.163 e. The van der Waals surface area contributed by atoms with E-state index in [9.17, 15) is 4.39 Å². The van der Waals surface area contributed by atoms with Crippen LogP contribution in [-0.2, 0) is 0 Å². The third kappa shape index (κ3) is 2.38. The first-order chi connectivity index (χ1) is 11.2. The third-order valence-electron chi connectivity index (χ3n) is 3.82. The molecule has 112 valence electrons. The molecule has 0 saturated heterocycles. The molecule has 0 amide bonds. The van der Waals surface area contributed by atoms with E-state index in [2.05, 4.69) is 10.1 Å². The maximum Gasteiger partial charge on any atom is 0.163 e. The van der Waals surface area contributed by atoms with Crippen molar-refractivity contribution in [2.45, 2.75) is 6.92 Å². The summed E-state index contributed by atoms with van der Waals surface area (Å²) >= 11 is 0. The molecule has 0 aliphatic carbocycles. The van der Waals surface area contributed by atoms with E-state index >= 15 is 0 Å². The standard InChI is InChI=1S/C19H14FN3/c1-13-11-18(15-5-3-2-4-6-15)23-19(22-13)17(12-21-23)14-7-9-16(20)10-8-14/h2-12H,1H3. The van der Waals surface area contributed by atoms with Crippen molar-refractivity contribution < 1.29 is 4.39 Å². The molecule has 2 aromatic carbocycles. The van der Waals surface area contributed by atoms with Gasteiger partial charge >= 0.3 is 0 Å². The lowest BCUT2D eigenvalue weighted by Gasteiger charge is -2.07. The molecular formula is C19H14FN3. The number of benzene rings is 2. The van der Waals surface area contributed by atoms with Crippen LogP contribution >= 0.6 is 0 Å². The molecule has 0 atom stereocenters.